The molecule has 25 heavy (non-hydrogen) atoms. The summed E-state index contributed by atoms with van der Waals surface area (Å²) in [5.74, 6) is 4.21. The van der Waals surface area contributed by atoms with Crippen LogP contribution in [-0.4, -0.2) is 28.8 Å². The van der Waals surface area contributed by atoms with E-state index in [2.05, 4.69) is 17.2 Å². The van der Waals surface area contributed by atoms with E-state index in [0.717, 1.165) is 11.6 Å². The molecule has 128 valence electrons. The van der Waals surface area contributed by atoms with Gasteiger partial charge in [0.05, 0.1) is 11.1 Å². The van der Waals surface area contributed by atoms with Crippen LogP contribution in [0.4, 0.5) is 4.79 Å². The zero-order valence-electron chi connectivity index (χ0n) is 13.4. The second-order valence-electron chi connectivity index (χ2n) is 5.08. The van der Waals surface area contributed by atoms with E-state index in [1.165, 1.54) is 12.1 Å². The normalized spacial score (nSPS) is 9.60. The predicted molar refractivity (Wildman–Crippen MR) is 91.2 cm³/mol. The van der Waals surface area contributed by atoms with Crippen molar-refractivity contribution in [3.8, 4) is 17.6 Å². The van der Waals surface area contributed by atoms with Gasteiger partial charge in [0.15, 0.2) is 0 Å². The molecule has 0 aliphatic rings. The van der Waals surface area contributed by atoms with Crippen LogP contribution in [0.2, 0.25) is 0 Å². The van der Waals surface area contributed by atoms with Gasteiger partial charge in [0.25, 0.3) is 0 Å². The summed E-state index contributed by atoms with van der Waals surface area (Å²) in [5, 5.41) is 21.1. The molecule has 2 rings (SSSR count). The fourth-order valence-electron chi connectivity index (χ4n) is 1.93. The van der Waals surface area contributed by atoms with E-state index in [1.54, 1.807) is 0 Å². The second-order valence-corrected chi connectivity index (χ2v) is 5.08. The lowest BCUT2D eigenvalue weighted by molar-refractivity contribution is 0.0696. The number of hydrogen-bond acceptors (Lipinski definition) is 4. The maximum absolute atomic E-state index is 11.5. The van der Waals surface area contributed by atoms with Crippen LogP contribution in [0.1, 0.15) is 27.9 Å². The first kappa shape index (κ1) is 17.9. The molecule has 2 aromatic rings. The van der Waals surface area contributed by atoms with Gasteiger partial charge in [-0.15, -0.1) is 0 Å². The van der Waals surface area contributed by atoms with E-state index < -0.39 is 12.1 Å². The number of amides is 1. The van der Waals surface area contributed by atoms with Crippen molar-refractivity contribution in [3.63, 3.8) is 0 Å². The lowest BCUT2D eigenvalue weighted by atomic mass is 10.1. The number of rotatable bonds is 5. The van der Waals surface area contributed by atoms with Crippen LogP contribution in [0.5, 0.6) is 5.75 Å². The Morgan fingerprint density at radius 2 is 1.88 bits per heavy atom. The van der Waals surface area contributed by atoms with E-state index in [1.807, 2.05) is 30.3 Å². The van der Waals surface area contributed by atoms with Gasteiger partial charge < -0.3 is 20.3 Å². The summed E-state index contributed by atoms with van der Waals surface area (Å²) in [5.41, 5.74) is 1.22. The van der Waals surface area contributed by atoms with Gasteiger partial charge in [0.1, 0.15) is 12.4 Å². The Morgan fingerprint density at radius 1 is 1.12 bits per heavy atom. The summed E-state index contributed by atoms with van der Waals surface area (Å²) in [6, 6.07) is 13.3. The first-order valence-corrected chi connectivity index (χ1v) is 7.56. The number of nitrogens with one attached hydrogen (secondary N) is 1. The minimum Gasteiger partial charge on any atom is -0.507 e. The summed E-state index contributed by atoms with van der Waals surface area (Å²) in [6.07, 6.45) is -0.167. The van der Waals surface area contributed by atoms with Gasteiger partial charge >= 0.3 is 12.1 Å². The molecule has 0 bridgehead atoms. The minimum atomic E-state index is -1.12. The monoisotopic (exact) mass is 339 g/mol. The number of carboxylic acid groups (broad SMARTS) is 1. The SMILES string of the molecule is O=C(NCCC#Cc1ccc(C(=O)O)cc1O)OCc1ccccc1. The van der Waals surface area contributed by atoms with Crippen molar-refractivity contribution in [3.05, 3.63) is 65.2 Å². The largest absolute Gasteiger partial charge is 0.507 e. The Kier molecular flexibility index (Phi) is 6.43. The number of carboxylic acids is 1. The molecule has 0 heterocycles. The van der Waals surface area contributed by atoms with Crippen molar-refractivity contribution >= 4 is 12.1 Å². The van der Waals surface area contributed by atoms with Crippen LogP contribution in [0, 0.1) is 11.8 Å². The molecule has 0 saturated heterocycles. The fourth-order valence-corrected chi connectivity index (χ4v) is 1.93. The van der Waals surface area contributed by atoms with Gasteiger partial charge in [-0.25, -0.2) is 9.59 Å². The highest BCUT2D eigenvalue weighted by Gasteiger charge is 2.06. The van der Waals surface area contributed by atoms with E-state index >= 15 is 0 Å². The van der Waals surface area contributed by atoms with Crippen LogP contribution >= 0.6 is 0 Å². The predicted octanol–water partition coefficient (Wildman–Crippen LogP) is 2.76. The summed E-state index contributed by atoms with van der Waals surface area (Å²) in [6.45, 7) is 0.497. The molecule has 3 N–H and O–H groups in total. The average molecular weight is 339 g/mol. The molecule has 0 aromatic heterocycles. The maximum Gasteiger partial charge on any atom is 0.407 e. The topological polar surface area (TPSA) is 95.9 Å². The Morgan fingerprint density at radius 3 is 2.56 bits per heavy atom. The van der Waals surface area contributed by atoms with Gasteiger partial charge in [0, 0.05) is 13.0 Å². The highest BCUT2D eigenvalue weighted by Crippen LogP contribution is 2.17. The van der Waals surface area contributed by atoms with Crippen molar-refractivity contribution in [1.29, 1.82) is 0 Å². The summed E-state index contributed by atoms with van der Waals surface area (Å²) >= 11 is 0. The Balaban J connectivity index is 1.73. The van der Waals surface area contributed by atoms with Gasteiger partial charge in [-0.05, 0) is 23.8 Å². The van der Waals surface area contributed by atoms with Crippen LogP contribution < -0.4 is 5.32 Å². The van der Waals surface area contributed by atoms with E-state index in [-0.39, 0.29) is 17.9 Å². The van der Waals surface area contributed by atoms with Crippen molar-refractivity contribution in [2.24, 2.45) is 0 Å². The lowest BCUT2D eigenvalue weighted by Gasteiger charge is -2.05. The Labute approximate surface area is 145 Å². The summed E-state index contributed by atoms with van der Waals surface area (Å²) in [7, 11) is 0. The fraction of sp³-hybridized carbons (Fsp3) is 0.158. The molecule has 6 heteroatoms. The number of aromatic carboxylic acids is 1. The zero-order valence-corrected chi connectivity index (χ0v) is 13.4. The number of carbonyl (C=O) groups excluding carboxylic acids is 1. The third-order valence-corrected chi connectivity index (χ3v) is 3.20. The van der Waals surface area contributed by atoms with Crippen molar-refractivity contribution in [2.75, 3.05) is 6.54 Å². The first-order chi connectivity index (χ1) is 12.1. The molecule has 0 unspecified atom stereocenters. The molecule has 0 atom stereocenters. The van der Waals surface area contributed by atoms with E-state index in [4.69, 9.17) is 9.84 Å². The molecule has 0 saturated carbocycles. The van der Waals surface area contributed by atoms with E-state index in [9.17, 15) is 14.7 Å². The van der Waals surface area contributed by atoms with Gasteiger partial charge in [-0.2, -0.15) is 0 Å². The van der Waals surface area contributed by atoms with Crippen LogP contribution in [-0.2, 0) is 11.3 Å². The summed E-state index contributed by atoms with van der Waals surface area (Å²) in [4.78, 5) is 22.3. The summed E-state index contributed by atoms with van der Waals surface area (Å²) < 4.78 is 5.05. The standard InChI is InChI=1S/C19H17NO5/c21-17-12-16(18(22)23)10-9-15(17)8-4-5-11-20-19(24)25-13-14-6-2-1-3-7-14/h1-3,6-7,9-10,12,21H,5,11,13H2,(H,20,24)(H,22,23). The van der Waals surface area contributed by atoms with E-state index in [0.29, 0.717) is 18.5 Å². The minimum absolute atomic E-state index is 0.00845. The molecule has 0 spiro atoms. The number of hydrogen-bond donors (Lipinski definition) is 3. The van der Waals surface area contributed by atoms with Crippen molar-refractivity contribution < 1.29 is 24.5 Å². The molecule has 2 aromatic carbocycles. The Bertz CT molecular complexity index is 806. The highest BCUT2D eigenvalue weighted by atomic mass is 16.5. The van der Waals surface area contributed by atoms with Gasteiger partial charge in [0.2, 0.25) is 0 Å². The quantitative estimate of drug-likeness (QED) is 0.575. The first-order valence-electron chi connectivity index (χ1n) is 7.56. The number of alkyl carbamates (subject to hydrolysis) is 1. The van der Waals surface area contributed by atoms with Gasteiger partial charge in [-0.1, -0.05) is 42.2 Å². The molecule has 0 radical (unpaired) electrons. The lowest BCUT2D eigenvalue weighted by Crippen LogP contribution is -2.24. The van der Waals surface area contributed by atoms with Crippen LogP contribution in [0.15, 0.2) is 48.5 Å². The molecule has 6 nitrogen and oxygen atoms in total. The van der Waals surface area contributed by atoms with Crippen LogP contribution in [0.25, 0.3) is 0 Å². The molecule has 0 aliphatic heterocycles. The number of phenols is 1. The van der Waals surface area contributed by atoms with Crippen molar-refractivity contribution in [1.82, 2.24) is 5.32 Å². The van der Waals surface area contributed by atoms with Crippen LogP contribution in [0.3, 0.4) is 0 Å². The molecule has 1 amide bonds. The smallest absolute Gasteiger partial charge is 0.407 e. The van der Waals surface area contributed by atoms with Crippen molar-refractivity contribution in [2.45, 2.75) is 13.0 Å². The maximum atomic E-state index is 11.5. The van der Waals surface area contributed by atoms with Gasteiger partial charge in [-0.3, -0.25) is 0 Å². The number of carbonyl (C=O) groups is 2. The molecular weight excluding hydrogens is 322 g/mol. The average Bonchev–Trinajstić information content (AvgIpc) is 2.61. The number of ether oxygens (including phenoxy) is 1. The molecule has 0 fully saturated rings. The number of benzene rings is 2. The number of phenolic OH excluding ortho intramolecular Hbond substituents is 1. The third kappa shape index (κ3) is 5.92. The third-order valence-electron chi connectivity index (χ3n) is 3.20. The highest BCUT2D eigenvalue weighted by molar-refractivity contribution is 5.88. The molecule has 0 aliphatic carbocycles. The number of aromatic hydroxyl groups is 1. The zero-order chi connectivity index (χ0) is 18.1. The Hall–Kier alpha value is -3.46. The molecular formula is C19H17NO5. The second kappa shape index (κ2) is 8.99.